The lowest BCUT2D eigenvalue weighted by Crippen LogP contribution is -2.18. The Labute approximate surface area is 152 Å². The van der Waals surface area contributed by atoms with Crippen LogP contribution in [0.15, 0.2) is 36.5 Å². The number of carbonyl (C=O) groups excluding carboxylic acids is 2. The molecule has 1 aliphatic carbocycles. The second-order valence-corrected chi connectivity index (χ2v) is 6.58. The predicted octanol–water partition coefficient (Wildman–Crippen LogP) is 2.63. The number of hydrogen-bond donors (Lipinski definition) is 4. The van der Waals surface area contributed by atoms with Crippen LogP contribution in [0.3, 0.4) is 0 Å². The van der Waals surface area contributed by atoms with E-state index < -0.39 is 11.8 Å². The molecule has 2 aromatic rings. The van der Waals surface area contributed by atoms with Gasteiger partial charge in [0.05, 0.1) is 11.3 Å². The molecule has 1 aromatic carbocycles. The lowest BCUT2D eigenvalue weighted by Gasteiger charge is -2.15. The van der Waals surface area contributed by atoms with Crippen molar-refractivity contribution in [3.63, 3.8) is 0 Å². The van der Waals surface area contributed by atoms with Gasteiger partial charge in [-0.2, -0.15) is 0 Å². The van der Waals surface area contributed by atoms with E-state index in [-0.39, 0.29) is 0 Å². The van der Waals surface area contributed by atoms with Crippen LogP contribution in [0.2, 0.25) is 0 Å². The van der Waals surface area contributed by atoms with Gasteiger partial charge in [0.25, 0.3) is 5.91 Å². The fourth-order valence-electron chi connectivity index (χ4n) is 3.23. The van der Waals surface area contributed by atoms with Gasteiger partial charge < -0.3 is 22.1 Å². The minimum absolute atomic E-state index is 0.361. The largest absolute Gasteiger partial charge is 0.384 e. The maximum atomic E-state index is 11.7. The summed E-state index contributed by atoms with van der Waals surface area (Å²) in [4.78, 5) is 27.2. The Morgan fingerprint density at radius 3 is 2.58 bits per heavy atom. The summed E-state index contributed by atoms with van der Waals surface area (Å²) in [5.74, 6) is 0.149. The van der Waals surface area contributed by atoms with E-state index in [0.29, 0.717) is 34.2 Å². The van der Waals surface area contributed by atoms with Gasteiger partial charge in [0.15, 0.2) is 0 Å². The van der Waals surface area contributed by atoms with E-state index in [9.17, 15) is 9.59 Å². The Bertz CT molecular complexity index is 815. The Morgan fingerprint density at radius 2 is 1.88 bits per heavy atom. The average molecular weight is 353 g/mol. The SMILES string of the molecule is NC(=O)c1cccc(Nc2cc(NCC3CCCC3)c(C(N)=O)cn2)c1. The molecule has 7 heteroatoms. The summed E-state index contributed by atoms with van der Waals surface area (Å²) in [5, 5.41) is 6.46. The number of anilines is 3. The molecule has 3 rings (SSSR count). The number of nitrogens with two attached hydrogens (primary N) is 2. The fourth-order valence-corrected chi connectivity index (χ4v) is 3.23. The normalized spacial score (nSPS) is 14.2. The fraction of sp³-hybridized carbons (Fsp3) is 0.316. The quantitative estimate of drug-likeness (QED) is 0.609. The van der Waals surface area contributed by atoms with Crippen molar-refractivity contribution in [1.82, 2.24) is 4.98 Å². The second kappa shape index (κ2) is 7.86. The van der Waals surface area contributed by atoms with Crippen LogP contribution in [0, 0.1) is 5.92 Å². The molecule has 0 saturated heterocycles. The lowest BCUT2D eigenvalue weighted by molar-refractivity contribution is 0.0992. The van der Waals surface area contributed by atoms with Gasteiger partial charge in [-0.25, -0.2) is 4.98 Å². The van der Waals surface area contributed by atoms with Gasteiger partial charge in [-0.15, -0.1) is 0 Å². The first-order chi connectivity index (χ1) is 12.5. The molecule has 2 amide bonds. The molecule has 1 heterocycles. The minimum atomic E-state index is -0.520. The lowest BCUT2D eigenvalue weighted by atomic mass is 10.1. The third-order valence-electron chi connectivity index (χ3n) is 4.64. The summed E-state index contributed by atoms with van der Waals surface area (Å²) in [6, 6.07) is 8.59. The highest BCUT2D eigenvalue weighted by Crippen LogP contribution is 2.27. The molecule has 1 aliphatic rings. The topological polar surface area (TPSA) is 123 Å². The number of benzene rings is 1. The van der Waals surface area contributed by atoms with Crippen LogP contribution < -0.4 is 22.1 Å². The maximum absolute atomic E-state index is 11.7. The van der Waals surface area contributed by atoms with Crippen LogP contribution in [-0.4, -0.2) is 23.3 Å². The van der Waals surface area contributed by atoms with Crippen molar-refractivity contribution in [3.8, 4) is 0 Å². The van der Waals surface area contributed by atoms with Crippen molar-refractivity contribution in [2.45, 2.75) is 25.7 Å². The van der Waals surface area contributed by atoms with Crippen LogP contribution in [0.1, 0.15) is 46.4 Å². The molecular formula is C19H23N5O2. The summed E-state index contributed by atoms with van der Waals surface area (Å²) in [5.41, 5.74) is 12.9. The van der Waals surface area contributed by atoms with Gasteiger partial charge in [-0.1, -0.05) is 18.9 Å². The number of primary amides is 2. The minimum Gasteiger partial charge on any atom is -0.384 e. The van der Waals surface area contributed by atoms with Gasteiger partial charge in [0, 0.05) is 30.1 Å². The number of rotatable bonds is 7. The summed E-state index contributed by atoms with van der Waals surface area (Å²) in [6.07, 6.45) is 6.38. The number of nitrogens with one attached hydrogen (secondary N) is 2. The van der Waals surface area contributed by atoms with Gasteiger partial charge >= 0.3 is 0 Å². The number of pyridine rings is 1. The van der Waals surface area contributed by atoms with E-state index in [1.165, 1.54) is 31.9 Å². The molecule has 26 heavy (non-hydrogen) atoms. The molecule has 0 radical (unpaired) electrons. The molecular weight excluding hydrogens is 330 g/mol. The maximum Gasteiger partial charge on any atom is 0.252 e. The zero-order valence-corrected chi connectivity index (χ0v) is 14.5. The zero-order valence-electron chi connectivity index (χ0n) is 14.5. The molecule has 0 atom stereocenters. The van der Waals surface area contributed by atoms with Crippen molar-refractivity contribution in [2.75, 3.05) is 17.2 Å². The van der Waals surface area contributed by atoms with E-state index in [2.05, 4.69) is 15.6 Å². The Morgan fingerprint density at radius 1 is 1.12 bits per heavy atom. The Hall–Kier alpha value is -3.09. The number of aromatic nitrogens is 1. The van der Waals surface area contributed by atoms with Crippen LogP contribution in [-0.2, 0) is 0 Å². The smallest absolute Gasteiger partial charge is 0.252 e. The molecule has 1 saturated carbocycles. The highest BCUT2D eigenvalue weighted by molar-refractivity contribution is 5.98. The second-order valence-electron chi connectivity index (χ2n) is 6.58. The predicted molar refractivity (Wildman–Crippen MR) is 101 cm³/mol. The average Bonchev–Trinajstić information content (AvgIpc) is 3.13. The monoisotopic (exact) mass is 353 g/mol. The Kier molecular flexibility index (Phi) is 5.36. The summed E-state index contributed by atoms with van der Waals surface area (Å²) < 4.78 is 0. The van der Waals surface area contributed by atoms with Gasteiger partial charge in [-0.3, -0.25) is 9.59 Å². The van der Waals surface area contributed by atoms with E-state index in [1.807, 2.05) is 6.07 Å². The number of amides is 2. The Balaban J connectivity index is 1.79. The van der Waals surface area contributed by atoms with E-state index in [0.717, 1.165) is 6.54 Å². The summed E-state index contributed by atoms with van der Waals surface area (Å²) >= 11 is 0. The first-order valence-corrected chi connectivity index (χ1v) is 8.73. The van der Waals surface area contributed by atoms with Crippen LogP contribution in [0.4, 0.5) is 17.2 Å². The molecule has 0 aliphatic heterocycles. The molecule has 0 spiro atoms. The molecule has 136 valence electrons. The van der Waals surface area contributed by atoms with Crippen LogP contribution in [0.25, 0.3) is 0 Å². The summed E-state index contributed by atoms with van der Waals surface area (Å²) in [6.45, 7) is 0.806. The van der Waals surface area contributed by atoms with Crippen molar-refractivity contribution < 1.29 is 9.59 Å². The zero-order chi connectivity index (χ0) is 18.5. The van der Waals surface area contributed by atoms with E-state index in [1.54, 1.807) is 24.3 Å². The number of hydrogen-bond acceptors (Lipinski definition) is 5. The van der Waals surface area contributed by atoms with Crippen molar-refractivity contribution >= 4 is 29.0 Å². The molecule has 1 aromatic heterocycles. The highest BCUT2D eigenvalue weighted by atomic mass is 16.1. The molecule has 1 fully saturated rings. The van der Waals surface area contributed by atoms with E-state index >= 15 is 0 Å². The molecule has 0 unspecified atom stereocenters. The summed E-state index contributed by atoms with van der Waals surface area (Å²) in [7, 11) is 0. The third kappa shape index (κ3) is 4.30. The van der Waals surface area contributed by atoms with E-state index in [4.69, 9.17) is 11.5 Å². The van der Waals surface area contributed by atoms with Crippen LogP contribution in [0.5, 0.6) is 0 Å². The van der Waals surface area contributed by atoms with Gasteiger partial charge in [0.1, 0.15) is 5.82 Å². The molecule has 7 nitrogen and oxygen atoms in total. The molecule has 6 N–H and O–H groups in total. The van der Waals surface area contributed by atoms with Crippen LogP contribution >= 0.6 is 0 Å². The number of carbonyl (C=O) groups is 2. The standard InChI is InChI=1S/C19H23N5O2/c20-18(25)13-6-3-7-14(8-13)24-17-9-16(15(11-23-17)19(21)26)22-10-12-4-1-2-5-12/h3,6-9,11-12H,1-2,4-5,10H2,(H2,20,25)(H2,21,26)(H2,22,23,24). The van der Waals surface area contributed by atoms with Crippen molar-refractivity contribution in [1.29, 1.82) is 0 Å². The van der Waals surface area contributed by atoms with Gasteiger partial charge in [-0.05, 0) is 37.0 Å². The molecule has 0 bridgehead atoms. The third-order valence-corrected chi connectivity index (χ3v) is 4.64. The van der Waals surface area contributed by atoms with Crippen molar-refractivity contribution in [3.05, 3.63) is 47.7 Å². The first-order valence-electron chi connectivity index (χ1n) is 8.73. The first kappa shape index (κ1) is 17.7. The number of nitrogens with zero attached hydrogens (tertiary/aromatic N) is 1. The van der Waals surface area contributed by atoms with Gasteiger partial charge in [0.2, 0.25) is 5.91 Å². The van der Waals surface area contributed by atoms with Crippen molar-refractivity contribution in [2.24, 2.45) is 17.4 Å². The highest BCUT2D eigenvalue weighted by Gasteiger charge is 2.16.